The van der Waals surface area contributed by atoms with Crippen molar-refractivity contribution in [3.8, 4) is 0 Å². The zero-order valence-corrected chi connectivity index (χ0v) is 12.5. The Balaban J connectivity index is 2.24. The van der Waals surface area contributed by atoms with Crippen LogP contribution in [0.5, 0.6) is 0 Å². The number of hydrogen-bond acceptors (Lipinski definition) is 3. The van der Waals surface area contributed by atoms with Crippen molar-refractivity contribution in [1.82, 2.24) is 10.2 Å². The van der Waals surface area contributed by atoms with Gasteiger partial charge in [0, 0.05) is 12.1 Å². The van der Waals surface area contributed by atoms with E-state index in [2.05, 4.69) is 24.1 Å². The third-order valence-corrected chi connectivity index (χ3v) is 4.83. The Bertz CT molecular complexity index is 204. The van der Waals surface area contributed by atoms with E-state index in [-0.39, 0.29) is 12.1 Å². The number of hydrogen-bond donors (Lipinski definition) is 2. The van der Waals surface area contributed by atoms with Crippen LogP contribution in [-0.4, -0.2) is 48.8 Å². The van der Waals surface area contributed by atoms with Gasteiger partial charge in [0.05, 0.1) is 6.61 Å². The molecule has 1 saturated carbocycles. The second-order valence-corrected chi connectivity index (χ2v) is 5.84. The van der Waals surface area contributed by atoms with Crippen molar-refractivity contribution < 1.29 is 5.11 Å². The molecule has 0 bridgehead atoms. The lowest BCUT2D eigenvalue weighted by Gasteiger charge is -2.34. The molecule has 0 aliphatic heterocycles. The quantitative estimate of drug-likeness (QED) is 0.629. The SMILES string of the molecule is CCN(CCCC(CC)(CO)NC)CC1CCC1. The monoisotopic (exact) mass is 256 g/mol. The molecule has 1 rings (SSSR count). The molecule has 3 heteroatoms. The first-order valence-corrected chi connectivity index (χ1v) is 7.71. The van der Waals surface area contributed by atoms with Gasteiger partial charge in [-0.1, -0.05) is 20.3 Å². The Morgan fingerprint density at radius 2 is 2.06 bits per heavy atom. The van der Waals surface area contributed by atoms with Gasteiger partial charge < -0.3 is 15.3 Å². The van der Waals surface area contributed by atoms with E-state index in [0.29, 0.717) is 0 Å². The second-order valence-electron chi connectivity index (χ2n) is 5.84. The highest BCUT2D eigenvalue weighted by atomic mass is 16.3. The van der Waals surface area contributed by atoms with Crippen LogP contribution in [0.4, 0.5) is 0 Å². The molecule has 2 N–H and O–H groups in total. The lowest BCUT2D eigenvalue weighted by molar-refractivity contribution is 0.138. The van der Waals surface area contributed by atoms with Gasteiger partial charge in [0.2, 0.25) is 0 Å². The number of nitrogens with zero attached hydrogens (tertiary/aromatic N) is 1. The Kier molecular flexibility index (Phi) is 7.20. The Morgan fingerprint density at radius 3 is 2.44 bits per heavy atom. The summed E-state index contributed by atoms with van der Waals surface area (Å²) in [6.45, 7) is 8.28. The molecule has 18 heavy (non-hydrogen) atoms. The fraction of sp³-hybridized carbons (Fsp3) is 1.00. The molecule has 1 fully saturated rings. The maximum atomic E-state index is 9.52. The first-order chi connectivity index (χ1) is 8.69. The van der Waals surface area contributed by atoms with Crippen LogP contribution in [0.1, 0.15) is 52.4 Å². The zero-order chi connectivity index (χ0) is 13.4. The Hall–Kier alpha value is -0.120. The van der Waals surface area contributed by atoms with Gasteiger partial charge in [-0.3, -0.25) is 0 Å². The topological polar surface area (TPSA) is 35.5 Å². The van der Waals surface area contributed by atoms with Crippen LogP contribution in [0.15, 0.2) is 0 Å². The van der Waals surface area contributed by atoms with Crippen molar-refractivity contribution >= 4 is 0 Å². The molecule has 3 nitrogen and oxygen atoms in total. The average Bonchev–Trinajstić information content (AvgIpc) is 2.37. The summed E-state index contributed by atoms with van der Waals surface area (Å²) in [5.41, 5.74) is -0.0596. The predicted octanol–water partition coefficient (Wildman–Crippen LogP) is 2.25. The van der Waals surface area contributed by atoms with Gasteiger partial charge in [0.1, 0.15) is 0 Å². The molecule has 0 aromatic heterocycles. The largest absolute Gasteiger partial charge is 0.394 e. The van der Waals surface area contributed by atoms with Gasteiger partial charge in [-0.25, -0.2) is 0 Å². The van der Waals surface area contributed by atoms with Crippen LogP contribution >= 0.6 is 0 Å². The normalized spacial score (nSPS) is 19.8. The van der Waals surface area contributed by atoms with E-state index >= 15 is 0 Å². The Morgan fingerprint density at radius 1 is 1.33 bits per heavy atom. The molecule has 1 aliphatic carbocycles. The maximum absolute atomic E-state index is 9.52. The van der Waals surface area contributed by atoms with E-state index in [1.165, 1.54) is 38.8 Å². The van der Waals surface area contributed by atoms with Gasteiger partial charge >= 0.3 is 0 Å². The first-order valence-electron chi connectivity index (χ1n) is 7.71. The molecule has 108 valence electrons. The van der Waals surface area contributed by atoms with E-state index in [1.54, 1.807) is 0 Å². The minimum absolute atomic E-state index is 0.0596. The molecular formula is C15H32N2O. The standard InChI is InChI=1S/C15H32N2O/c1-4-15(13-18,16-3)10-7-11-17(5-2)12-14-8-6-9-14/h14,16,18H,4-13H2,1-3H3. The molecule has 0 aromatic rings. The lowest BCUT2D eigenvalue weighted by Crippen LogP contribution is -2.46. The van der Waals surface area contributed by atoms with Gasteiger partial charge in [0.15, 0.2) is 0 Å². The van der Waals surface area contributed by atoms with Crippen molar-refractivity contribution in [2.45, 2.75) is 57.9 Å². The zero-order valence-electron chi connectivity index (χ0n) is 12.5. The molecule has 1 aliphatic rings. The van der Waals surface area contributed by atoms with Crippen molar-refractivity contribution in [2.24, 2.45) is 5.92 Å². The van der Waals surface area contributed by atoms with Crippen LogP contribution in [0.2, 0.25) is 0 Å². The van der Waals surface area contributed by atoms with Crippen molar-refractivity contribution in [3.05, 3.63) is 0 Å². The lowest BCUT2D eigenvalue weighted by atomic mass is 9.85. The molecule has 0 heterocycles. The molecular weight excluding hydrogens is 224 g/mol. The van der Waals surface area contributed by atoms with E-state index < -0.39 is 0 Å². The summed E-state index contributed by atoms with van der Waals surface area (Å²) in [7, 11) is 1.96. The summed E-state index contributed by atoms with van der Waals surface area (Å²) in [6.07, 6.45) is 7.54. The summed E-state index contributed by atoms with van der Waals surface area (Å²) in [5.74, 6) is 0.961. The number of rotatable bonds is 10. The van der Waals surface area contributed by atoms with Gasteiger partial charge in [-0.15, -0.1) is 0 Å². The fourth-order valence-electron chi connectivity index (χ4n) is 2.81. The van der Waals surface area contributed by atoms with Crippen molar-refractivity contribution in [2.75, 3.05) is 33.3 Å². The van der Waals surface area contributed by atoms with Gasteiger partial charge in [-0.2, -0.15) is 0 Å². The molecule has 0 saturated heterocycles. The second kappa shape index (κ2) is 8.13. The highest BCUT2D eigenvalue weighted by molar-refractivity contribution is 4.85. The summed E-state index contributed by atoms with van der Waals surface area (Å²) < 4.78 is 0. The smallest absolute Gasteiger partial charge is 0.0613 e. The van der Waals surface area contributed by atoms with E-state index in [0.717, 1.165) is 25.3 Å². The third-order valence-electron chi connectivity index (χ3n) is 4.83. The molecule has 0 amide bonds. The highest BCUT2D eigenvalue weighted by Gasteiger charge is 2.25. The van der Waals surface area contributed by atoms with E-state index in [9.17, 15) is 5.11 Å². The first kappa shape index (κ1) is 15.9. The van der Waals surface area contributed by atoms with Crippen molar-refractivity contribution in [3.63, 3.8) is 0 Å². The van der Waals surface area contributed by atoms with Gasteiger partial charge in [0.25, 0.3) is 0 Å². The summed E-state index contributed by atoms with van der Waals surface area (Å²) in [6, 6.07) is 0. The van der Waals surface area contributed by atoms with Crippen LogP contribution in [-0.2, 0) is 0 Å². The number of aliphatic hydroxyl groups excluding tert-OH is 1. The number of nitrogens with one attached hydrogen (secondary N) is 1. The van der Waals surface area contributed by atoms with Crippen LogP contribution < -0.4 is 5.32 Å². The average molecular weight is 256 g/mol. The van der Waals surface area contributed by atoms with Crippen molar-refractivity contribution in [1.29, 1.82) is 0 Å². The number of aliphatic hydroxyl groups is 1. The third kappa shape index (κ3) is 4.52. The van der Waals surface area contributed by atoms with E-state index in [4.69, 9.17) is 0 Å². The molecule has 1 atom stereocenters. The minimum Gasteiger partial charge on any atom is -0.394 e. The summed E-state index contributed by atoms with van der Waals surface area (Å²) in [5, 5.41) is 12.8. The maximum Gasteiger partial charge on any atom is 0.0613 e. The molecule has 0 radical (unpaired) electrons. The Labute approximate surface area is 113 Å². The minimum atomic E-state index is -0.0596. The molecule has 0 spiro atoms. The summed E-state index contributed by atoms with van der Waals surface area (Å²) >= 11 is 0. The van der Waals surface area contributed by atoms with Gasteiger partial charge in [-0.05, 0) is 58.2 Å². The predicted molar refractivity (Wildman–Crippen MR) is 77.9 cm³/mol. The fourth-order valence-corrected chi connectivity index (χ4v) is 2.81. The van der Waals surface area contributed by atoms with Crippen LogP contribution in [0, 0.1) is 5.92 Å². The van der Waals surface area contributed by atoms with Crippen LogP contribution in [0.25, 0.3) is 0 Å². The molecule has 1 unspecified atom stereocenters. The highest BCUT2D eigenvalue weighted by Crippen LogP contribution is 2.27. The molecule has 0 aromatic carbocycles. The summed E-state index contributed by atoms with van der Waals surface area (Å²) in [4.78, 5) is 2.58. The van der Waals surface area contributed by atoms with E-state index in [1.807, 2.05) is 7.05 Å². The number of likely N-dealkylation sites (N-methyl/N-ethyl adjacent to an activating group) is 1. The van der Waals surface area contributed by atoms with Crippen LogP contribution in [0.3, 0.4) is 0 Å².